The van der Waals surface area contributed by atoms with Crippen LogP contribution in [0.3, 0.4) is 0 Å². The molecule has 2 heterocycles. The molecule has 0 bridgehead atoms. The molecular weight excluding hydrogens is 358 g/mol. The zero-order valence-electron chi connectivity index (χ0n) is 17.2. The van der Waals surface area contributed by atoms with Crippen LogP contribution in [0.4, 0.5) is 0 Å². The van der Waals surface area contributed by atoms with Crippen molar-refractivity contribution in [2.24, 2.45) is 0 Å². The van der Waals surface area contributed by atoms with E-state index in [1.807, 2.05) is 23.1 Å². The number of hydrogen-bond donors (Lipinski definition) is 0. The summed E-state index contributed by atoms with van der Waals surface area (Å²) < 4.78 is 16.0. The lowest BCUT2D eigenvalue weighted by Gasteiger charge is -2.36. The highest BCUT2D eigenvalue weighted by Crippen LogP contribution is 2.28. The molecule has 2 aliphatic rings. The molecule has 0 atom stereocenters. The second kappa shape index (κ2) is 10.6. The van der Waals surface area contributed by atoms with E-state index in [0.717, 1.165) is 77.6 Å². The summed E-state index contributed by atoms with van der Waals surface area (Å²) in [5, 5.41) is 0. The van der Waals surface area contributed by atoms with Crippen molar-refractivity contribution in [3.63, 3.8) is 0 Å². The Bertz CT molecular complexity index is 626. The molecule has 1 aromatic carbocycles. The van der Waals surface area contributed by atoms with Crippen molar-refractivity contribution in [3.05, 3.63) is 23.8 Å². The summed E-state index contributed by atoms with van der Waals surface area (Å²) in [6, 6.07) is 5.85. The lowest BCUT2D eigenvalue weighted by Crippen LogP contribution is -2.51. The Hall–Kier alpha value is -1.83. The van der Waals surface area contributed by atoms with E-state index in [0.29, 0.717) is 17.9 Å². The van der Waals surface area contributed by atoms with Gasteiger partial charge >= 0.3 is 0 Å². The fourth-order valence-corrected chi connectivity index (χ4v) is 3.77. The minimum Gasteiger partial charge on any atom is -0.493 e. The molecule has 2 saturated heterocycles. The van der Waals surface area contributed by atoms with Gasteiger partial charge in [0.1, 0.15) is 0 Å². The Labute approximate surface area is 168 Å². The predicted octanol–water partition coefficient (Wildman–Crippen LogP) is 1.11. The van der Waals surface area contributed by atoms with Crippen molar-refractivity contribution in [3.8, 4) is 11.5 Å². The highest BCUT2D eigenvalue weighted by atomic mass is 16.5. The molecule has 1 amide bonds. The van der Waals surface area contributed by atoms with Crippen LogP contribution in [0, 0.1) is 0 Å². The van der Waals surface area contributed by atoms with Gasteiger partial charge in [-0.1, -0.05) is 6.07 Å². The quantitative estimate of drug-likeness (QED) is 0.662. The van der Waals surface area contributed by atoms with Crippen molar-refractivity contribution >= 4 is 5.91 Å². The molecule has 0 aliphatic carbocycles. The molecule has 28 heavy (non-hydrogen) atoms. The summed E-state index contributed by atoms with van der Waals surface area (Å²) in [5.74, 6) is 1.66. The van der Waals surface area contributed by atoms with Crippen LogP contribution in [0.5, 0.6) is 11.5 Å². The standard InChI is InChI=1S/C21H33N3O4/c1-26-19-5-3-18(17-20(19)27-2)4-6-21(25)24-11-9-22(10-12-24)7-8-23-13-15-28-16-14-23/h3,5,17H,4,6-16H2,1-2H3. The predicted molar refractivity (Wildman–Crippen MR) is 108 cm³/mol. The molecule has 0 aromatic heterocycles. The summed E-state index contributed by atoms with van der Waals surface area (Å²) in [6.45, 7) is 9.53. The fourth-order valence-electron chi connectivity index (χ4n) is 3.77. The van der Waals surface area contributed by atoms with Gasteiger partial charge in [0.15, 0.2) is 11.5 Å². The van der Waals surface area contributed by atoms with E-state index in [1.54, 1.807) is 14.2 Å². The van der Waals surface area contributed by atoms with E-state index in [1.165, 1.54) is 0 Å². The highest BCUT2D eigenvalue weighted by molar-refractivity contribution is 5.76. The third-order valence-corrected chi connectivity index (χ3v) is 5.64. The van der Waals surface area contributed by atoms with Crippen LogP contribution in [-0.2, 0) is 16.0 Å². The molecule has 3 rings (SSSR count). The van der Waals surface area contributed by atoms with Gasteiger partial charge in [-0.25, -0.2) is 0 Å². The van der Waals surface area contributed by atoms with Gasteiger partial charge in [0.25, 0.3) is 0 Å². The highest BCUT2D eigenvalue weighted by Gasteiger charge is 2.21. The van der Waals surface area contributed by atoms with Crippen LogP contribution in [0.25, 0.3) is 0 Å². The number of rotatable bonds is 8. The summed E-state index contributed by atoms with van der Waals surface area (Å²) in [7, 11) is 3.26. The zero-order valence-corrected chi connectivity index (χ0v) is 17.2. The van der Waals surface area contributed by atoms with Gasteiger partial charge in [-0.2, -0.15) is 0 Å². The molecule has 2 fully saturated rings. The molecule has 7 heteroatoms. The topological polar surface area (TPSA) is 54.5 Å². The molecule has 7 nitrogen and oxygen atoms in total. The summed E-state index contributed by atoms with van der Waals surface area (Å²) in [5.41, 5.74) is 1.09. The summed E-state index contributed by atoms with van der Waals surface area (Å²) >= 11 is 0. The van der Waals surface area contributed by atoms with E-state index >= 15 is 0 Å². The normalized spacial score (nSPS) is 18.9. The Kier molecular flexibility index (Phi) is 7.94. The summed E-state index contributed by atoms with van der Waals surface area (Å²) in [6.07, 6.45) is 1.25. The van der Waals surface area contributed by atoms with E-state index in [-0.39, 0.29) is 5.91 Å². The Morgan fingerprint density at radius 1 is 0.929 bits per heavy atom. The lowest BCUT2D eigenvalue weighted by molar-refractivity contribution is -0.132. The number of hydrogen-bond acceptors (Lipinski definition) is 6. The van der Waals surface area contributed by atoms with Crippen molar-refractivity contribution in [1.29, 1.82) is 0 Å². The molecule has 0 unspecified atom stereocenters. The van der Waals surface area contributed by atoms with Crippen molar-refractivity contribution in [1.82, 2.24) is 14.7 Å². The van der Waals surface area contributed by atoms with Gasteiger partial charge < -0.3 is 19.1 Å². The van der Waals surface area contributed by atoms with Crippen molar-refractivity contribution in [2.75, 3.05) is 79.8 Å². The summed E-state index contributed by atoms with van der Waals surface area (Å²) in [4.78, 5) is 19.5. The number of aryl methyl sites for hydroxylation is 1. The maximum absolute atomic E-state index is 12.6. The number of methoxy groups -OCH3 is 2. The second-order valence-electron chi connectivity index (χ2n) is 7.37. The van der Waals surface area contributed by atoms with E-state index in [2.05, 4.69) is 9.80 Å². The minimum absolute atomic E-state index is 0.239. The average molecular weight is 392 g/mol. The molecule has 0 radical (unpaired) electrons. The molecular formula is C21H33N3O4. The van der Waals surface area contributed by atoms with E-state index in [9.17, 15) is 4.79 Å². The number of nitrogens with zero attached hydrogens (tertiary/aromatic N) is 3. The first-order chi connectivity index (χ1) is 13.7. The first kappa shape index (κ1) is 20.9. The van der Waals surface area contributed by atoms with Crippen LogP contribution in [-0.4, -0.2) is 100 Å². The van der Waals surface area contributed by atoms with E-state index < -0.39 is 0 Å². The van der Waals surface area contributed by atoms with Crippen LogP contribution in [0.1, 0.15) is 12.0 Å². The van der Waals surface area contributed by atoms with Crippen molar-refractivity contribution in [2.45, 2.75) is 12.8 Å². The number of carbonyl (C=O) groups is 1. The first-order valence-electron chi connectivity index (χ1n) is 10.2. The number of morpholine rings is 1. The van der Waals surface area contributed by atoms with Crippen LogP contribution in [0.15, 0.2) is 18.2 Å². The Morgan fingerprint density at radius 2 is 1.57 bits per heavy atom. The number of ether oxygens (including phenoxy) is 3. The van der Waals surface area contributed by atoms with Gasteiger partial charge in [-0.05, 0) is 24.1 Å². The monoisotopic (exact) mass is 391 g/mol. The lowest BCUT2D eigenvalue weighted by atomic mass is 10.1. The largest absolute Gasteiger partial charge is 0.493 e. The fraction of sp³-hybridized carbons (Fsp3) is 0.667. The van der Waals surface area contributed by atoms with Crippen LogP contribution >= 0.6 is 0 Å². The molecule has 156 valence electrons. The molecule has 0 saturated carbocycles. The van der Waals surface area contributed by atoms with Gasteiger partial charge in [0, 0.05) is 58.8 Å². The Morgan fingerprint density at radius 3 is 2.21 bits per heavy atom. The molecule has 0 N–H and O–H groups in total. The number of piperazine rings is 1. The first-order valence-corrected chi connectivity index (χ1v) is 10.2. The number of amides is 1. The van der Waals surface area contributed by atoms with Gasteiger partial charge in [0.2, 0.25) is 5.91 Å². The smallest absolute Gasteiger partial charge is 0.222 e. The zero-order chi connectivity index (χ0) is 19.8. The maximum atomic E-state index is 12.6. The molecule has 2 aliphatic heterocycles. The Balaban J connectivity index is 1.38. The van der Waals surface area contributed by atoms with Crippen LogP contribution < -0.4 is 9.47 Å². The average Bonchev–Trinajstić information content (AvgIpc) is 2.76. The third kappa shape index (κ3) is 5.83. The van der Waals surface area contributed by atoms with Gasteiger partial charge in [0.05, 0.1) is 27.4 Å². The third-order valence-electron chi connectivity index (χ3n) is 5.64. The minimum atomic E-state index is 0.239. The number of carbonyl (C=O) groups excluding carboxylic acids is 1. The number of benzene rings is 1. The van der Waals surface area contributed by atoms with E-state index in [4.69, 9.17) is 14.2 Å². The van der Waals surface area contributed by atoms with Crippen LogP contribution in [0.2, 0.25) is 0 Å². The maximum Gasteiger partial charge on any atom is 0.222 e. The van der Waals surface area contributed by atoms with Gasteiger partial charge in [-0.15, -0.1) is 0 Å². The molecule has 0 spiro atoms. The van der Waals surface area contributed by atoms with Crippen molar-refractivity contribution < 1.29 is 19.0 Å². The second-order valence-corrected chi connectivity index (χ2v) is 7.37. The SMILES string of the molecule is COc1ccc(CCC(=O)N2CCN(CCN3CCOCC3)CC2)cc1OC. The van der Waals surface area contributed by atoms with Gasteiger partial charge in [-0.3, -0.25) is 14.6 Å². The molecule has 1 aromatic rings.